The number of rotatable bonds is 7. The Hall–Kier alpha value is -4.14. The molecule has 1 aliphatic carbocycles. The van der Waals surface area contributed by atoms with Gasteiger partial charge in [-0.1, -0.05) is 18.2 Å². The number of aryl methyl sites for hydroxylation is 1. The average molecular weight is 516 g/mol. The maximum absolute atomic E-state index is 13.2. The van der Waals surface area contributed by atoms with Crippen molar-refractivity contribution in [1.82, 2.24) is 24.6 Å². The van der Waals surface area contributed by atoms with Crippen LogP contribution < -0.4 is 9.47 Å². The van der Waals surface area contributed by atoms with Crippen LogP contribution in [0.3, 0.4) is 0 Å². The highest BCUT2D eigenvalue weighted by atomic mass is 16.6. The van der Waals surface area contributed by atoms with Crippen LogP contribution in [0.1, 0.15) is 38.4 Å². The van der Waals surface area contributed by atoms with Gasteiger partial charge in [0, 0.05) is 24.5 Å². The Morgan fingerprint density at radius 3 is 2.71 bits per heavy atom. The molecule has 1 aromatic carbocycles. The lowest BCUT2D eigenvalue weighted by molar-refractivity contribution is 0.0117. The Morgan fingerprint density at radius 1 is 1.13 bits per heavy atom. The molecule has 0 fully saturated rings. The summed E-state index contributed by atoms with van der Waals surface area (Å²) in [6.45, 7) is 6.46. The fourth-order valence-electron chi connectivity index (χ4n) is 4.69. The molecule has 1 atom stereocenters. The number of benzene rings is 1. The first kappa shape index (κ1) is 25.5. The van der Waals surface area contributed by atoms with E-state index in [0.717, 1.165) is 46.6 Å². The third-order valence-electron chi connectivity index (χ3n) is 6.45. The smallest absolute Gasteiger partial charge is 0.410 e. The number of aromatic nitrogens is 4. The minimum absolute atomic E-state index is 0.0261. The average Bonchev–Trinajstić information content (AvgIpc) is 3.33. The van der Waals surface area contributed by atoms with Gasteiger partial charge >= 0.3 is 6.09 Å². The Balaban J connectivity index is 1.37. The van der Waals surface area contributed by atoms with Crippen molar-refractivity contribution in [1.29, 1.82) is 0 Å². The molecule has 3 aromatic heterocycles. The molecule has 0 saturated carbocycles. The van der Waals surface area contributed by atoms with Crippen LogP contribution in [0.15, 0.2) is 60.9 Å². The van der Waals surface area contributed by atoms with E-state index in [1.807, 2.05) is 79.0 Å². The number of pyridine rings is 2. The van der Waals surface area contributed by atoms with Crippen molar-refractivity contribution in [2.45, 2.75) is 51.7 Å². The highest BCUT2D eigenvalue weighted by molar-refractivity contribution is 5.83. The van der Waals surface area contributed by atoms with Crippen molar-refractivity contribution in [2.75, 3.05) is 20.3 Å². The highest BCUT2D eigenvalue weighted by Crippen LogP contribution is 2.28. The van der Waals surface area contributed by atoms with Gasteiger partial charge in [0.15, 0.2) is 0 Å². The van der Waals surface area contributed by atoms with Crippen LogP contribution in [0.5, 0.6) is 11.6 Å². The Morgan fingerprint density at radius 2 is 1.95 bits per heavy atom. The van der Waals surface area contributed by atoms with Gasteiger partial charge in [-0.05, 0) is 69.9 Å². The van der Waals surface area contributed by atoms with Gasteiger partial charge in [0.05, 0.1) is 30.6 Å². The fourth-order valence-corrected chi connectivity index (χ4v) is 4.69. The number of hydrogen-bond acceptors (Lipinski definition) is 7. The molecule has 1 aliphatic rings. The third-order valence-corrected chi connectivity index (χ3v) is 6.45. The Kier molecular flexibility index (Phi) is 7.18. The quantitative estimate of drug-likeness (QED) is 0.342. The van der Waals surface area contributed by atoms with E-state index in [0.29, 0.717) is 25.5 Å². The summed E-state index contributed by atoms with van der Waals surface area (Å²) in [5, 5.41) is 4.88. The topological polar surface area (TPSA) is 91.6 Å². The number of hydrogen-bond donors (Lipinski definition) is 0. The van der Waals surface area contributed by atoms with Crippen molar-refractivity contribution in [3.63, 3.8) is 0 Å². The zero-order valence-corrected chi connectivity index (χ0v) is 22.3. The largest absolute Gasteiger partial charge is 0.492 e. The lowest BCUT2D eigenvalue weighted by Crippen LogP contribution is -2.47. The number of ether oxygens (including phenoxy) is 3. The molecule has 4 aromatic rings. The first-order valence-electron chi connectivity index (χ1n) is 12.9. The first-order chi connectivity index (χ1) is 18.3. The third kappa shape index (κ3) is 5.72. The van der Waals surface area contributed by atoms with Crippen molar-refractivity contribution < 1.29 is 19.0 Å². The molecule has 9 heteroatoms. The van der Waals surface area contributed by atoms with Crippen LogP contribution in [0, 0.1) is 0 Å². The van der Waals surface area contributed by atoms with Gasteiger partial charge in [0.25, 0.3) is 0 Å². The molecule has 1 unspecified atom stereocenters. The van der Waals surface area contributed by atoms with Crippen molar-refractivity contribution in [3.8, 4) is 17.3 Å². The second kappa shape index (κ2) is 10.7. The van der Waals surface area contributed by atoms with Crippen molar-refractivity contribution in [3.05, 3.63) is 72.2 Å². The first-order valence-corrected chi connectivity index (χ1v) is 12.9. The standard InChI is InChI=1S/C29H33N5O4/c1-29(2,3)38-28(35)33(16-17-37-22-8-6-5-7-9-22)21-10-11-23-20(18-21)19-34(32-23)25-14-15-30-24-12-13-26(36-4)31-27(24)25/h5-9,12-15,19,21H,10-11,16-18H2,1-4H3. The van der Waals surface area contributed by atoms with Crippen LogP contribution in [0.2, 0.25) is 0 Å². The summed E-state index contributed by atoms with van der Waals surface area (Å²) in [5.74, 6) is 1.30. The molecular formula is C29H33N5O4. The maximum atomic E-state index is 13.2. The zero-order chi connectivity index (χ0) is 26.7. The van der Waals surface area contributed by atoms with Gasteiger partial charge in [-0.25, -0.2) is 14.5 Å². The van der Waals surface area contributed by atoms with E-state index in [1.165, 1.54) is 0 Å². The summed E-state index contributed by atoms with van der Waals surface area (Å²) in [4.78, 5) is 24.1. The summed E-state index contributed by atoms with van der Waals surface area (Å²) in [7, 11) is 1.60. The number of para-hydroxylation sites is 1. The Labute approximate surface area is 222 Å². The molecule has 0 radical (unpaired) electrons. The number of fused-ring (bicyclic) bond motifs is 2. The van der Waals surface area contributed by atoms with E-state index in [9.17, 15) is 4.79 Å². The van der Waals surface area contributed by atoms with E-state index in [1.54, 1.807) is 19.4 Å². The summed E-state index contributed by atoms with van der Waals surface area (Å²) in [6, 6.07) is 15.2. The predicted molar refractivity (Wildman–Crippen MR) is 144 cm³/mol. The molecule has 198 valence electrons. The molecule has 0 saturated heterocycles. The molecule has 38 heavy (non-hydrogen) atoms. The van der Waals surface area contributed by atoms with Crippen LogP contribution in [0.25, 0.3) is 16.7 Å². The van der Waals surface area contributed by atoms with Crippen molar-refractivity contribution >= 4 is 17.1 Å². The normalized spacial score (nSPS) is 15.1. The monoisotopic (exact) mass is 515 g/mol. The molecule has 0 aliphatic heterocycles. The second-order valence-corrected chi connectivity index (χ2v) is 10.3. The summed E-state index contributed by atoms with van der Waals surface area (Å²) in [6.07, 6.45) is 5.69. The molecule has 0 N–H and O–H groups in total. The van der Waals surface area contributed by atoms with Gasteiger partial charge in [0.2, 0.25) is 5.88 Å². The van der Waals surface area contributed by atoms with Crippen molar-refractivity contribution in [2.24, 2.45) is 0 Å². The van der Waals surface area contributed by atoms with Gasteiger partial charge in [-0.3, -0.25) is 4.98 Å². The summed E-state index contributed by atoms with van der Waals surface area (Å²) < 4.78 is 18.9. The summed E-state index contributed by atoms with van der Waals surface area (Å²) in [5.41, 5.74) is 3.86. The molecule has 0 spiro atoms. The second-order valence-electron chi connectivity index (χ2n) is 10.3. The number of amides is 1. The van der Waals surface area contributed by atoms with Gasteiger partial charge < -0.3 is 19.1 Å². The fraction of sp³-hybridized carbons (Fsp3) is 0.379. The minimum Gasteiger partial charge on any atom is -0.492 e. The lowest BCUT2D eigenvalue weighted by atomic mass is 9.92. The van der Waals surface area contributed by atoms with Crippen LogP contribution in [-0.4, -0.2) is 62.6 Å². The van der Waals surface area contributed by atoms with E-state index >= 15 is 0 Å². The van der Waals surface area contributed by atoms with Gasteiger partial charge in [0.1, 0.15) is 23.5 Å². The van der Waals surface area contributed by atoms with Crippen LogP contribution in [0.4, 0.5) is 4.79 Å². The summed E-state index contributed by atoms with van der Waals surface area (Å²) >= 11 is 0. The van der Waals surface area contributed by atoms with E-state index < -0.39 is 5.60 Å². The SMILES string of the molecule is COc1ccc2nccc(-n3cc4c(n3)CCC(N(CCOc3ccccc3)C(=O)OC(C)(C)C)C4)c2n1. The van der Waals surface area contributed by atoms with E-state index in [-0.39, 0.29) is 12.1 Å². The number of nitrogens with zero attached hydrogens (tertiary/aromatic N) is 5. The molecule has 1 amide bonds. The Bertz CT molecular complexity index is 1410. The number of carbonyl (C=O) groups is 1. The predicted octanol–water partition coefficient (Wildman–Crippen LogP) is 5.00. The maximum Gasteiger partial charge on any atom is 0.410 e. The number of carbonyl (C=O) groups excluding carboxylic acids is 1. The molecule has 5 rings (SSSR count). The van der Waals surface area contributed by atoms with E-state index in [4.69, 9.17) is 19.3 Å². The molecule has 9 nitrogen and oxygen atoms in total. The van der Waals surface area contributed by atoms with E-state index in [2.05, 4.69) is 9.97 Å². The number of methoxy groups -OCH3 is 1. The van der Waals surface area contributed by atoms with Gasteiger partial charge in [-0.2, -0.15) is 5.10 Å². The molecule has 0 bridgehead atoms. The lowest BCUT2D eigenvalue weighted by Gasteiger charge is -2.35. The van der Waals surface area contributed by atoms with Crippen LogP contribution in [-0.2, 0) is 17.6 Å². The zero-order valence-electron chi connectivity index (χ0n) is 22.3. The minimum atomic E-state index is -0.587. The van der Waals surface area contributed by atoms with Gasteiger partial charge in [-0.15, -0.1) is 0 Å². The molecule has 3 heterocycles. The molecular weight excluding hydrogens is 482 g/mol. The van der Waals surface area contributed by atoms with Crippen LogP contribution >= 0.6 is 0 Å². The highest BCUT2D eigenvalue weighted by Gasteiger charge is 2.32.